The van der Waals surface area contributed by atoms with E-state index >= 15 is 0 Å². The largest absolute Gasteiger partial charge is 0.466 e. The highest BCUT2D eigenvalue weighted by atomic mass is 16.7. The summed E-state index contributed by atoms with van der Waals surface area (Å²) in [7, 11) is 3.71. The SMILES string of the molecule is COC(=O)C1=C(C)NC(C)=C(C(=O)OC)C1c1ccc2c(c1C(=O)OC)OCO2. The molecule has 0 spiro atoms. The van der Waals surface area contributed by atoms with Crippen LogP contribution in [0.5, 0.6) is 11.5 Å². The van der Waals surface area contributed by atoms with Crippen LogP contribution in [0.15, 0.2) is 34.7 Å². The highest BCUT2D eigenvalue weighted by molar-refractivity contribution is 6.02. The fourth-order valence-electron chi connectivity index (χ4n) is 3.61. The van der Waals surface area contributed by atoms with E-state index in [1.807, 2.05) is 0 Å². The molecule has 0 fully saturated rings. The molecule has 0 aromatic heterocycles. The summed E-state index contributed by atoms with van der Waals surface area (Å²) in [6.07, 6.45) is 0. The summed E-state index contributed by atoms with van der Waals surface area (Å²) in [6, 6.07) is 3.21. The lowest BCUT2D eigenvalue weighted by Gasteiger charge is -2.31. The molecule has 154 valence electrons. The molecule has 2 aliphatic rings. The van der Waals surface area contributed by atoms with Crippen LogP contribution in [0.2, 0.25) is 0 Å². The van der Waals surface area contributed by atoms with Crippen molar-refractivity contribution in [1.29, 1.82) is 0 Å². The fourth-order valence-corrected chi connectivity index (χ4v) is 3.61. The molecule has 0 aliphatic carbocycles. The van der Waals surface area contributed by atoms with E-state index in [0.29, 0.717) is 22.7 Å². The quantitative estimate of drug-likeness (QED) is 0.594. The molecule has 1 aromatic carbocycles. The number of methoxy groups -OCH3 is 3. The number of carbonyl (C=O) groups is 3. The third kappa shape index (κ3) is 3.28. The minimum Gasteiger partial charge on any atom is -0.466 e. The molecular weight excluding hydrogens is 382 g/mol. The van der Waals surface area contributed by atoms with Crippen LogP contribution < -0.4 is 14.8 Å². The van der Waals surface area contributed by atoms with Crippen LogP contribution in [0.25, 0.3) is 0 Å². The summed E-state index contributed by atoms with van der Waals surface area (Å²) in [6.45, 7) is 3.30. The third-order valence-electron chi connectivity index (χ3n) is 4.84. The Kier molecular flexibility index (Phi) is 5.49. The summed E-state index contributed by atoms with van der Waals surface area (Å²) < 4.78 is 25.7. The molecule has 0 atom stereocenters. The number of hydrogen-bond acceptors (Lipinski definition) is 9. The molecule has 0 radical (unpaired) electrons. The second-order valence-electron chi connectivity index (χ2n) is 6.37. The van der Waals surface area contributed by atoms with Crippen molar-refractivity contribution in [2.24, 2.45) is 0 Å². The molecule has 0 saturated heterocycles. The number of allylic oxidation sites excluding steroid dienone is 2. The maximum absolute atomic E-state index is 12.7. The first kappa shape index (κ1) is 20.2. The third-order valence-corrected chi connectivity index (χ3v) is 4.84. The molecule has 0 unspecified atom stereocenters. The molecule has 1 N–H and O–H groups in total. The maximum atomic E-state index is 12.7. The molecule has 1 aromatic rings. The Labute approximate surface area is 167 Å². The Morgan fingerprint density at radius 1 is 0.897 bits per heavy atom. The molecule has 3 rings (SSSR count). The van der Waals surface area contributed by atoms with Crippen molar-refractivity contribution in [3.05, 3.63) is 45.8 Å². The molecule has 9 nitrogen and oxygen atoms in total. The van der Waals surface area contributed by atoms with Gasteiger partial charge in [0.15, 0.2) is 11.5 Å². The number of rotatable bonds is 4. The Morgan fingerprint density at radius 2 is 1.45 bits per heavy atom. The van der Waals surface area contributed by atoms with E-state index in [4.69, 9.17) is 23.7 Å². The van der Waals surface area contributed by atoms with Gasteiger partial charge in [-0.05, 0) is 25.5 Å². The zero-order valence-corrected chi connectivity index (χ0v) is 16.7. The molecule has 9 heteroatoms. The van der Waals surface area contributed by atoms with E-state index in [0.717, 1.165) is 0 Å². The second-order valence-corrected chi connectivity index (χ2v) is 6.37. The molecule has 2 heterocycles. The molecule has 29 heavy (non-hydrogen) atoms. The molecular formula is C20H21NO8. The number of benzene rings is 1. The number of esters is 3. The Bertz CT molecular complexity index is 921. The van der Waals surface area contributed by atoms with E-state index in [1.54, 1.807) is 26.0 Å². The lowest BCUT2D eigenvalue weighted by atomic mass is 9.78. The zero-order chi connectivity index (χ0) is 21.3. The van der Waals surface area contributed by atoms with E-state index in [9.17, 15) is 14.4 Å². The maximum Gasteiger partial charge on any atom is 0.342 e. The molecule has 0 amide bonds. The number of fused-ring (bicyclic) bond motifs is 1. The predicted octanol–water partition coefficient (Wildman–Crippen LogP) is 1.78. The molecule has 2 aliphatic heterocycles. The minimum absolute atomic E-state index is 0.0630. The molecule has 0 bridgehead atoms. The number of carbonyl (C=O) groups excluding carboxylic acids is 3. The van der Waals surface area contributed by atoms with Crippen LogP contribution >= 0.6 is 0 Å². The Balaban J connectivity index is 2.34. The van der Waals surface area contributed by atoms with Gasteiger partial charge in [-0.2, -0.15) is 0 Å². The van der Waals surface area contributed by atoms with Crippen LogP contribution in [-0.2, 0) is 23.8 Å². The predicted molar refractivity (Wildman–Crippen MR) is 99.2 cm³/mol. The van der Waals surface area contributed by atoms with E-state index in [1.165, 1.54) is 21.3 Å². The van der Waals surface area contributed by atoms with Crippen molar-refractivity contribution in [3.8, 4) is 11.5 Å². The first-order valence-corrected chi connectivity index (χ1v) is 8.71. The number of hydrogen-bond donors (Lipinski definition) is 1. The highest BCUT2D eigenvalue weighted by Gasteiger charge is 2.41. The summed E-state index contributed by atoms with van der Waals surface area (Å²) in [5.74, 6) is -2.38. The van der Waals surface area contributed by atoms with Crippen molar-refractivity contribution in [1.82, 2.24) is 5.32 Å². The van der Waals surface area contributed by atoms with Gasteiger partial charge in [-0.25, -0.2) is 14.4 Å². The Hall–Kier alpha value is -3.49. The van der Waals surface area contributed by atoms with Crippen LogP contribution in [0.1, 0.15) is 35.7 Å². The number of dihydropyridines is 1. The highest BCUT2D eigenvalue weighted by Crippen LogP contribution is 2.46. The van der Waals surface area contributed by atoms with Gasteiger partial charge in [0.2, 0.25) is 6.79 Å². The van der Waals surface area contributed by atoms with Gasteiger partial charge < -0.3 is 29.0 Å². The van der Waals surface area contributed by atoms with Crippen LogP contribution in [-0.4, -0.2) is 46.0 Å². The van der Waals surface area contributed by atoms with Crippen molar-refractivity contribution in [3.63, 3.8) is 0 Å². The normalized spacial score (nSPS) is 15.8. The van der Waals surface area contributed by atoms with Gasteiger partial charge >= 0.3 is 17.9 Å². The van der Waals surface area contributed by atoms with Crippen molar-refractivity contribution in [2.45, 2.75) is 19.8 Å². The molecule has 0 saturated carbocycles. The van der Waals surface area contributed by atoms with Gasteiger partial charge in [0, 0.05) is 11.4 Å². The zero-order valence-electron chi connectivity index (χ0n) is 16.7. The average Bonchev–Trinajstić information content (AvgIpc) is 3.19. The summed E-state index contributed by atoms with van der Waals surface area (Å²) in [5.41, 5.74) is 1.71. The smallest absolute Gasteiger partial charge is 0.342 e. The second kappa shape index (κ2) is 7.86. The topological polar surface area (TPSA) is 109 Å². The standard InChI is InChI=1S/C20H21NO8/c1-9-13(18(22)25-3)15(14(10(2)21-9)19(23)26-4)11-6-7-12-17(29-8-28-12)16(11)20(24)27-5/h6-7,15,21H,8H2,1-5H3. The van der Waals surface area contributed by atoms with Crippen molar-refractivity contribution < 1.29 is 38.1 Å². The first-order valence-electron chi connectivity index (χ1n) is 8.71. The average molecular weight is 403 g/mol. The van der Waals surface area contributed by atoms with Gasteiger partial charge in [0.25, 0.3) is 0 Å². The van der Waals surface area contributed by atoms with Gasteiger partial charge in [0.1, 0.15) is 5.56 Å². The lowest BCUT2D eigenvalue weighted by molar-refractivity contribution is -0.137. The van der Waals surface area contributed by atoms with E-state index in [-0.39, 0.29) is 29.3 Å². The van der Waals surface area contributed by atoms with Gasteiger partial charge in [-0.1, -0.05) is 6.07 Å². The monoisotopic (exact) mass is 403 g/mol. The van der Waals surface area contributed by atoms with Crippen LogP contribution in [0.4, 0.5) is 0 Å². The van der Waals surface area contributed by atoms with Gasteiger partial charge in [-0.15, -0.1) is 0 Å². The summed E-state index contributed by atoms with van der Waals surface area (Å²) >= 11 is 0. The lowest BCUT2D eigenvalue weighted by Crippen LogP contribution is -2.32. The van der Waals surface area contributed by atoms with Crippen LogP contribution in [0.3, 0.4) is 0 Å². The fraction of sp³-hybridized carbons (Fsp3) is 0.350. The van der Waals surface area contributed by atoms with Crippen LogP contribution in [0, 0.1) is 0 Å². The summed E-state index contributed by atoms with van der Waals surface area (Å²) in [5, 5.41) is 3.01. The minimum atomic E-state index is -0.945. The van der Waals surface area contributed by atoms with Crippen molar-refractivity contribution >= 4 is 17.9 Å². The van der Waals surface area contributed by atoms with E-state index < -0.39 is 23.8 Å². The van der Waals surface area contributed by atoms with Gasteiger partial charge in [0.05, 0.1) is 38.4 Å². The first-order chi connectivity index (χ1) is 13.8. The summed E-state index contributed by atoms with van der Waals surface area (Å²) in [4.78, 5) is 37.9. The van der Waals surface area contributed by atoms with E-state index in [2.05, 4.69) is 5.32 Å². The number of ether oxygens (including phenoxy) is 5. The van der Waals surface area contributed by atoms with Crippen molar-refractivity contribution in [2.75, 3.05) is 28.1 Å². The van der Waals surface area contributed by atoms with Gasteiger partial charge in [-0.3, -0.25) is 0 Å². The number of nitrogens with one attached hydrogen (secondary N) is 1. The Morgan fingerprint density at radius 3 is 1.97 bits per heavy atom.